The first-order chi connectivity index (χ1) is 10.8. The van der Waals surface area contributed by atoms with Crippen LogP contribution in [0, 0.1) is 11.3 Å². The van der Waals surface area contributed by atoms with E-state index in [1.807, 2.05) is 49.5 Å². The molecule has 0 aliphatic heterocycles. The van der Waals surface area contributed by atoms with Crippen molar-refractivity contribution in [1.82, 2.24) is 9.97 Å². The lowest BCUT2D eigenvalue weighted by Gasteiger charge is -2.03. The molecule has 0 saturated heterocycles. The summed E-state index contributed by atoms with van der Waals surface area (Å²) in [6, 6.07) is 11.9. The number of hydrogen-bond acceptors (Lipinski definition) is 3. The number of ether oxygens (including phenoxy) is 1. The molecule has 0 saturated carbocycles. The van der Waals surface area contributed by atoms with E-state index in [4.69, 9.17) is 4.74 Å². The average molecular weight is 289 g/mol. The Morgan fingerprint density at radius 1 is 1.41 bits per heavy atom. The second kappa shape index (κ2) is 6.15. The van der Waals surface area contributed by atoms with E-state index in [0.717, 1.165) is 27.8 Å². The molecule has 2 aromatic heterocycles. The average Bonchev–Trinajstić information content (AvgIpc) is 2.97. The second-order valence-corrected chi connectivity index (χ2v) is 4.80. The van der Waals surface area contributed by atoms with Gasteiger partial charge in [0.2, 0.25) is 0 Å². The molecule has 0 aliphatic carbocycles. The van der Waals surface area contributed by atoms with Crippen LogP contribution in [0.1, 0.15) is 18.1 Å². The van der Waals surface area contributed by atoms with Crippen molar-refractivity contribution in [2.24, 2.45) is 0 Å². The van der Waals surface area contributed by atoms with Crippen LogP contribution in [-0.2, 0) is 0 Å². The lowest BCUT2D eigenvalue weighted by atomic mass is 10.0. The van der Waals surface area contributed by atoms with E-state index in [1.54, 1.807) is 12.4 Å². The number of aromatic amines is 1. The van der Waals surface area contributed by atoms with Gasteiger partial charge in [-0.3, -0.25) is 4.98 Å². The highest BCUT2D eigenvalue weighted by atomic mass is 16.5. The molecule has 0 spiro atoms. The van der Waals surface area contributed by atoms with Gasteiger partial charge in [-0.1, -0.05) is 6.07 Å². The monoisotopic (exact) mass is 289 g/mol. The fourth-order valence-electron chi connectivity index (χ4n) is 2.38. The number of hydrogen-bond donors (Lipinski definition) is 1. The topological polar surface area (TPSA) is 61.7 Å². The van der Waals surface area contributed by atoms with Crippen molar-refractivity contribution in [3.8, 4) is 11.8 Å². The van der Waals surface area contributed by atoms with Gasteiger partial charge in [0.1, 0.15) is 5.75 Å². The summed E-state index contributed by atoms with van der Waals surface area (Å²) < 4.78 is 5.54. The third-order valence-corrected chi connectivity index (χ3v) is 3.37. The standard InChI is InChI=1S/C18H15N3O/c1-2-22-15-5-6-18-16(9-15)17(12-21-18)14(10-19)8-13-4-3-7-20-11-13/h3-9,11-12,21H,2H2,1H3. The Bertz CT molecular complexity index is 857. The van der Waals surface area contributed by atoms with Gasteiger partial charge in [-0.05, 0) is 42.8 Å². The van der Waals surface area contributed by atoms with Gasteiger partial charge >= 0.3 is 0 Å². The number of rotatable bonds is 4. The molecular weight excluding hydrogens is 274 g/mol. The first kappa shape index (κ1) is 13.9. The zero-order chi connectivity index (χ0) is 15.4. The minimum atomic E-state index is 0.591. The van der Waals surface area contributed by atoms with Gasteiger partial charge in [-0.2, -0.15) is 5.26 Å². The number of nitrogens with zero attached hydrogens (tertiary/aromatic N) is 2. The van der Waals surface area contributed by atoms with Crippen LogP contribution in [0.15, 0.2) is 48.9 Å². The van der Waals surface area contributed by atoms with Gasteiger partial charge in [-0.15, -0.1) is 0 Å². The van der Waals surface area contributed by atoms with Gasteiger partial charge in [0.25, 0.3) is 0 Å². The van der Waals surface area contributed by atoms with Crippen LogP contribution in [0.4, 0.5) is 0 Å². The lowest BCUT2D eigenvalue weighted by molar-refractivity contribution is 0.341. The van der Waals surface area contributed by atoms with E-state index in [9.17, 15) is 5.26 Å². The van der Waals surface area contributed by atoms with Crippen LogP contribution in [-0.4, -0.2) is 16.6 Å². The molecule has 3 rings (SSSR count). The predicted octanol–water partition coefficient (Wildman–Crippen LogP) is 4.03. The highest BCUT2D eigenvalue weighted by molar-refractivity contribution is 6.01. The Kier molecular flexibility index (Phi) is 3.88. The lowest BCUT2D eigenvalue weighted by Crippen LogP contribution is -1.90. The number of fused-ring (bicyclic) bond motifs is 1. The van der Waals surface area contributed by atoms with Crippen molar-refractivity contribution < 1.29 is 4.74 Å². The maximum absolute atomic E-state index is 9.51. The maximum Gasteiger partial charge on any atom is 0.120 e. The molecule has 1 N–H and O–H groups in total. The molecule has 0 unspecified atom stereocenters. The Hall–Kier alpha value is -3.06. The molecule has 108 valence electrons. The van der Waals surface area contributed by atoms with Gasteiger partial charge in [0.05, 0.1) is 18.2 Å². The van der Waals surface area contributed by atoms with E-state index in [0.29, 0.717) is 12.2 Å². The summed E-state index contributed by atoms with van der Waals surface area (Å²) >= 11 is 0. The minimum absolute atomic E-state index is 0.591. The molecular formula is C18H15N3O. The zero-order valence-electron chi connectivity index (χ0n) is 12.2. The Labute approximate surface area is 128 Å². The molecule has 0 radical (unpaired) electrons. The quantitative estimate of drug-likeness (QED) is 0.738. The van der Waals surface area contributed by atoms with Crippen molar-refractivity contribution in [3.63, 3.8) is 0 Å². The van der Waals surface area contributed by atoms with Crippen molar-refractivity contribution in [3.05, 3.63) is 60.0 Å². The molecule has 3 aromatic rings. The van der Waals surface area contributed by atoms with Crippen LogP contribution in [0.2, 0.25) is 0 Å². The molecule has 1 aromatic carbocycles. The van der Waals surface area contributed by atoms with Crippen LogP contribution in [0.25, 0.3) is 22.6 Å². The molecule has 0 amide bonds. The number of pyridine rings is 1. The summed E-state index contributed by atoms with van der Waals surface area (Å²) in [7, 11) is 0. The first-order valence-corrected chi connectivity index (χ1v) is 7.08. The number of aromatic nitrogens is 2. The Morgan fingerprint density at radius 2 is 2.32 bits per heavy atom. The summed E-state index contributed by atoms with van der Waals surface area (Å²) in [6.07, 6.45) is 7.13. The molecule has 0 atom stereocenters. The Morgan fingerprint density at radius 3 is 3.05 bits per heavy atom. The second-order valence-electron chi connectivity index (χ2n) is 4.80. The fourth-order valence-corrected chi connectivity index (χ4v) is 2.38. The first-order valence-electron chi connectivity index (χ1n) is 7.08. The van der Waals surface area contributed by atoms with Crippen molar-refractivity contribution in [2.45, 2.75) is 6.92 Å². The van der Waals surface area contributed by atoms with Crippen LogP contribution >= 0.6 is 0 Å². The highest BCUT2D eigenvalue weighted by Gasteiger charge is 2.10. The predicted molar refractivity (Wildman–Crippen MR) is 87.2 cm³/mol. The number of nitriles is 1. The van der Waals surface area contributed by atoms with E-state index < -0.39 is 0 Å². The molecule has 2 heterocycles. The van der Waals surface area contributed by atoms with Crippen molar-refractivity contribution >= 4 is 22.6 Å². The largest absolute Gasteiger partial charge is 0.494 e. The number of allylic oxidation sites excluding steroid dienone is 1. The van der Waals surface area contributed by atoms with E-state index >= 15 is 0 Å². The summed E-state index contributed by atoms with van der Waals surface area (Å²) in [6.45, 7) is 2.56. The van der Waals surface area contributed by atoms with E-state index in [1.165, 1.54) is 0 Å². The molecule has 22 heavy (non-hydrogen) atoms. The van der Waals surface area contributed by atoms with Crippen LogP contribution < -0.4 is 4.74 Å². The van der Waals surface area contributed by atoms with Gasteiger partial charge < -0.3 is 9.72 Å². The van der Waals surface area contributed by atoms with Gasteiger partial charge in [0, 0.05) is 35.1 Å². The van der Waals surface area contributed by atoms with Gasteiger partial charge in [0.15, 0.2) is 0 Å². The molecule has 0 fully saturated rings. The molecule has 4 heteroatoms. The van der Waals surface area contributed by atoms with Gasteiger partial charge in [-0.25, -0.2) is 0 Å². The van der Waals surface area contributed by atoms with Crippen molar-refractivity contribution in [2.75, 3.05) is 6.61 Å². The summed E-state index contributed by atoms with van der Waals surface area (Å²) in [5.41, 5.74) is 3.33. The third-order valence-electron chi connectivity index (χ3n) is 3.37. The summed E-state index contributed by atoms with van der Waals surface area (Å²) in [4.78, 5) is 7.27. The normalized spacial score (nSPS) is 11.4. The van der Waals surface area contributed by atoms with Crippen LogP contribution in [0.5, 0.6) is 5.75 Å². The SMILES string of the molecule is CCOc1ccc2[nH]cc(C(C#N)=Cc3cccnc3)c2c1. The smallest absolute Gasteiger partial charge is 0.120 e. The minimum Gasteiger partial charge on any atom is -0.494 e. The zero-order valence-corrected chi connectivity index (χ0v) is 12.2. The molecule has 0 aliphatic rings. The number of H-pyrrole nitrogens is 1. The van der Waals surface area contributed by atoms with Crippen molar-refractivity contribution in [1.29, 1.82) is 5.26 Å². The fraction of sp³-hybridized carbons (Fsp3) is 0.111. The number of nitrogens with one attached hydrogen (secondary N) is 1. The van der Waals surface area contributed by atoms with E-state index in [2.05, 4.69) is 16.0 Å². The van der Waals surface area contributed by atoms with Crippen LogP contribution in [0.3, 0.4) is 0 Å². The highest BCUT2D eigenvalue weighted by Crippen LogP contribution is 2.29. The molecule has 4 nitrogen and oxygen atoms in total. The summed E-state index contributed by atoms with van der Waals surface area (Å²) in [5, 5.41) is 10.5. The maximum atomic E-state index is 9.51. The molecule has 0 bridgehead atoms. The Balaban J connectivity index is 2.09. The number of benzene rings is 1. The summed E-state index contributed by atoms with van der Waals surface area (Å²) in [5.74, 6) is 0.800. The third kappa shape index (κ3) is 2.70. The van der Waals surface area contributed by atoms with E-state index in [-0.39, 0.29) is 0 Å².